The Morgan fingerprint density at radius 1 is 1.40 bits per heavy atom. The molecule has 3 N–H and O–H groups in total. The van der Waals surface area contributed by atoms with Gasteiger partial charge in [0, 0.05) is 6.54 Å². The number of nitrogen functional groups attached to an aromatic ring is 1. The van der Waals surface area contributed by atoms with E-state index in [0.717, 1.165) is 5.57 Å². The lowest BCUT2D eigenvalue weighted by Gasteiger charge is -2.09. The van der Waals surface area contributed by atoms with E-state index in [4.69, 9.17) is 5.73 Å². The molecular weight excluding hydrogens is 280 g/mol. The van der Waals surface area contributed by atoms with E-state index in [1.165, 1.54) is 25.3 Å². The highest BCUT2D eigenvalue weighted by molar-refractivity contribution is 7.89. The minimum atomic E-state index is -3.71. The van der Waals surface area contributed by atoms with Gasteiger partial charge in [0.1, 0.15) is 4.90 Å². The van der Waals surface area contributed by atoms with E-state index >= 15 is 0 Å². The second-order valence-electron chi connectivity index (χ2n) is 4.38. The molecular formula is C13H18N2O4S. The summed E-state index contributed by atoms with van der Waals surface area (Å²) in [6.45, 7) is 3.92. The van der Waals surface area contributed by atoms with Crippen LogP contribution in [-0.4, -0.2) is 28.0 Å². The summed E-state index contributed by atoms with van der Waals surface area (Å²) in [7, 11) is -2.47. The maximum absolute atomic E-state index is 12.0. The average Bonchev–Trinajstić information content (AvgIpc) is 2.36. The summed E-state index contributed by atoms with van der Waals surface area (Å²) in [4.78, 5) is 11.3. The van der Waals surface area contributed by atoms with Gasteiger partial charge in [-0.3, -0.25) is 0 Å². The van der Waals surface area contributed by atoms with Gasteiger partial charge in [-0.2, -0.15) is 0 Å². The molecule has 0 heterocycles. The lowest BCUT2D eigenvalue weighted by atomic mass is 10.2. The van der Waals surface area contributed by atoms with Crippen molar-refractivity contribution in [1.82, 2.24) is 4.72 Å². The lowest BCUT2D eigenvalue weighted by Crippen LogP contribution is -2.25. The van der Waals surface area contributed by atoms with Gasteiger partial charge < -0.3 is 10.5 Å². The molecule has 0 radical (unpaired) electrons. The first-order chi connectivity index (χ1) is 9.27. The van der Waals surface area contributed by atoms with Crippen LogP contribution >= 0.6 is 0 Å². The monoisotopic (exact) mass is 298 g/mol. The van der Waals surface area contributed by atoms with Crippen LogP contribution in [0.4, 0.5) is 5.69 Å². The topological polar surface area (TPSA) is 98.5 Å². The largest absolute Gasteiger partial charge is 0.465 e. The Kier molecular flexibility index (Phi) is 5.29. The zero-order chi connectivity index (χ0) is 15.3. The number of sulfonamides is 1. The molecule has 110 valence electrons. The molecule has 0 atom stereocenters. The molecule has 20 heavy (non-hydrogen) atoms. The average molecular weight is 298 g/mol. The maximum atomic E-state index is 12.0. The summed E-state index contributed by atoms with van der Waals surface area (Å²) < 4.78 is 31.0. The van der Waals surface area contributed by atoms with Gasteiger partial charge in [0.15, 0.2) is 0 Å². The zero-order valence-corrected chi connectivity index (χ0v) is 12.5. The fourth-order valence-electron chi connectivity index (χ4n) is 1.47. The van der Waals surface area contributed by atoms with Crippen molar-refractivity contribution in [2.75, 3.05) is 19.4 Å². The molecule has 7 heteroatoms. The van der Waals surface area contributed by atoms with E-state index in [-0.39, 0.29) is 22.7 Å². The van der Waals surface area contributed by atoms with Crippen LogP contribution in [0.25, 0.3) is 0 Å². The molecule has 1 aromatic carbocycles. The number of carbonyl (C=O) groups is 1. The number of hydrogen-bond donors (Lipinski definition) is 2. The maximum Gasteiger partial charge on any atom is 0.337 e. The van der Waals surface area contributed by atoms with Crippen molar-refractivity contribution in [1.29, 1.82) is 0 Å². The summed E-state index contributed by atoms with van der Waals surface area (Å²) in [5.74, 6) is -0.571. The first-order valence-electron chi connectivity index (χ1n) is 5.89. The number of benzene rings is 1. The molecule has 0 spiro atoms. The van der Waals surface area contributed by atoms with Crippen molar-refractivity contribution >= 4 is 21.7 Å². The number of nitrogens with one attached hydrogen (secondary N) is 1. The van der Waals surface area contributed by atoms with Gasteiger partial charge in [-0.05, 0) is 32.0 Å². The van der Waals surface area contributed by atoms with Gasteiger partial charge in [-0.25, -0.2) is 17.9 Å². The number of nitrogens with two attached hydrogens (primary N) is 1. The Morgan fingerprint density at radius 2 is 2.05 bits per heavy atom. The number of rotatable bonds is 5. The van der Waals surface area contributed by atoms with Crippen molar-refractivity contribution in [3.05, 3.63) is 35.4 Å². The summed E-state index contributed by atoms with van der Waals surface area (Å²) in [5.41, 5.74) is 6.89. The van der Waals surface area contributed by atoms with Crippen molar-refractivity contribution in [2.24, 2.45) is 0 Å². The van der Waals surface area contributed by atoms with E-state index < -0.39 is 16.0 Å². The summed E-state index contributed by atoms with van der Waals surface area (Å²) in [5, 5.41) is 0. The second-order valence-corrected chi connectivity index (χ2v) is 6.11. The molecule has 0 aliphatic carbocycles. The molecule has 1 rings (SSSR count). The third kappa shape index (κ3) is 4.07. The SMILES string of the molecule is COC(=O)c1ccc(S(=O)(=O)NCC=C(C)C)c(N)c1. The van der Waals surface area contributed by atoms with Gasteiger partial charge >= 0.3 is 5.97 Å². The predicted molar refractivity (Wildman–Crippen MR) is 76.8 cm³/mol. The Hall–Kier alpha value is -1.86. The Morgan fingerprint density at radius 3 is 2.55 bits per heavy atom. The van der Waals surface area contributed by atoms with Crippen LogP contribution in [0, 0.1) is 0 Å². The molecule has 0 aliphatic heterocycles. The molecule has 0 saturated heterocycles. The van der Waals surface area contributed by atoms with E-state index in [1.807, 2.05) is 13.8 Å². The van der Waals surface area contributed by atoms with Crippen LogP contribution in [0.2, 0.25) is 0 Å². The molecule has 0 amide bonds. The number of carbonyl (C=O) groups excluding carboxylic acids is 1. The van der Waals surface area contributed by atoms with Crippen molar-refractivity contribution < 1.29 is 17.9 Å². The van der Waals surface area contributed by atoms with E-state index in [9.17, 15) is 13.2 Å². The molecule has 0 fully saturated rings. The normalized spacial score (nSPS) is 10.9. The Bertz CT molecular complexity index is 632. The number of hydrogen-bond acceptors (Lipinski definition) is 5. The first kappa shape index (κ1) is 16.2. The Labute approximate surface area is 118 Å². The second kappa shape index (κ2) is 6.53. The fourth-order valence-corrected chi connectivity index (χ4v) is 2.55. The van der Waals surface area contributed by atoms with Crippen molar-refractivity contribution in [3.8, 4) is 0 Å². The third-order valence-electron chi connectivity index (χ3n) is 2.50. The number of esters is 1. The van der Waals surface area contributed by atoms with Crippen molar-refractivity contribution in [2.45, 2.75) is 18.7 Å². The van der Waals surface area contributed by atoms with Crippen LogP contribution in [0.1, 0.15) is 24.2 Å². The first-order valence-corrected chi connectivity index (χ1v) is 7.37. The van der Waals surface area contributed by atoms with E-state index in [0.29, 0.717) is 0 Å². The van der Waals surface area contributed by atoms with Gasteiger partial charge in [0.25, 0.3) is 0 Å². The van der Waals surface area contributed by atoms with Gasteiger partial charge in [0.05, 0.1) is 18.4 Å². The van der Waals surface area contributed by atoms with Crippen LogP contribution < -0.4 is 10.5 Å². The number of methoxy groups -OCH3 is 1. The summed E-state index contributed by atoms with van der Waals surface area (Å²) in [6.07, 6.45) is 1.75. The van der Waals surface area contributed by atoms with Gasteiger partial charge in [-0.15, -0.1) is 0 Å². The van der Waals surface area contributed by atoms with Crippen LogP contribution in [-0.2, 0) is 14.8 Å². The van der Waals surface area contributed by atoms with Crippen molar-refractivity contribution in [3.63, 3.8) is 0 Å². The number of anilines is 1. The fraction of sp³-hybridized carbons (Fsp3) is 0.308. The predicted octanol–water partition coefficient (Wildman–Crippen LogP) is 1.30. The molecule has 0 saturated carbocycles. The van der Waals surface area contributed by atoms with E-state index in [1.54, 1.807) is 6.08 Å². The zero-order valence-electron chi connectivity index (χ0n) is 11.6. The van der Waals surface area contributed by atoms with Gasteiger partial charge in [-0.1, -0.05) is 11.6 Å². The van der Waals surface area contributed by atoms with Crippen LogP contribution in [0.15, 0.2) is 34.7 Å². The van der Waals surface area contributed by atoms with Crippen LogP contribution in [0.5, 0.6) is 0 Å². The summed E-state index contributed by atoms with van der Waals surface area (Å²) >= 11 is 0. The molecule has 0 unspecified atom stereocenters. The highest BCUT2D eigenvalue weighted by Crippen LogP contribution is 2.20. The minimum Gasteiger partial charge on any atom is -0.465 e. The van der Waals surface area contributed by atoms with Gasteiger partial charge in [0.2, 0.25) is 10.0 Å². The quantitative estimate of drug-likeness (QED) is 0.485. The third-order valence-corrected chi connectivity index (χ3v) is 4.00. The molecule has 0 bridgehead atoms. The summed E-state index contributed by atoms with van der Waals surface area (Å²) in [6, 6.07) is 3.92. The highest BCUT2D eigenvalue weighted by Gasteiger charge is 2.18. The molecule has 0 aromatic heterocycles. The van der Waals surface area contributed by atoms with E-state index in [2.05, 4.69) is 9.46 Å². The minimum absolute atomic E-state index is 0.00222. The lowest BCUT2D eigenvalue weighted by molar-refractivity contribution is 0.0600. The molecule has 6 nitrogen and oxygen atoms in total. The van der Waals surface area contributed by atoms with Crippen LogP contribution in [0.3, 0.4) is 0 Å². The number of ether oxygens (including phenoxy) is 1. The molecule has 1 aromatic rings. The Balaban J connectivity index is 3.02. The highest BCUT2D eigenvalue weighted by atomic mass is 32.2. The molecule has 0 aliphatic rings. The number of allylic oxidation sites excluding steroid dienone is 1. The standard InChI is InChI=1S/C13H18N2O4S/c1-9(2)6-7-15-20(17,18)12-5-4-10(8-11(12)14)13(16)19-3/h4-6,8,15H,7,14H2,1-3H3. The smallest absolute Gasteiger partial charge is 0.337 e.